The normalized spacial score (nSPS) is 12.8. The highest BCUT2D eigenvalue weighted by Crippen LogP contribution is 2.32. The van der Waals surface area contributed by atoms with Gasteiger partial charge in [-0.25, -0.2) is 14.2 Å². The fourth-order valence-electron chi connectivity index (χ4n) is 2.80. The smallest absolute Gasteiger partial charge is 0.408 e. The molecule has 3 aromatic rings. The number of benzene rings is 2. The number of aromatic nitrogens is 2. The van der Waals surface area contributed by atoms with Gasteiger partial charge in [0, 0.05) is 5.69 Å². The summed E-state index contributed by atoms with van der Waals surface area (Å²) in [6, 6.07) is 11.7. The summed E-state index contributed by atoms with van der Waals surface area (Å²) in [6.07, 6.45) is -0.557. The molecule has 0 fully saturated rings. The van der Waals surface area contributed by atoms with E-state index in [0.29, 0.717) is 16.9 Å². The van der Waals surface area contributed by atoms with Crippen LogP contribution >= 0.6 is 11.6 Å². The van der Waals surface area contributed by atoms with Crippen molar-refractivity contribution in [2.45, 2.75) is 39.3 Å². The van der Waals surface area contributed by atoms with Gasteiger partial charge in [0.05, 0.1) is 17.1 Å². The number of nitrogens with one attached hydrogen (secondary N) is 1. The van der Waals surface area contributed by atoms with E-state index in [0.717, 1.165) is 5.69 Å². The van der Waals surface area contributed by atoms with Crippen molar-refractivity contribution in [3.05, 3.63) is 59.1 Å². The predicted octanol–water partition coefficient (Wildman–Crippen LogP) is 5.40. The molecule has 3 rings (SSSR count). The largest absolute Gasteiger partial charge is 0.444 e. The van der Waals surface area contributed by atoms with Crippen LogP contribution in [0, 0.1) is 5.82 Å². The number of hydrogen-bond donors (Lipinski definition) is 1. The van der Waals surface area contributed by atoms with Crippen molar-refractivity contribution in [1.29, 1.82) is 0 Å². The van der Waals surface area contributed by atoms with Crippen molar-refractivity contribution in [3.63, 3.8) is 0 Å². The van der Waals surface area contributed by atoms with Gasteiger partial charge < -0.3 is 10.1 Å². The topological polar surface area (TPSA) is 56.1 Å². The van der Waals surface area contributed by atoms with Crippen LogP contribution in [0.2, 0.25) is 5.02 Å². The summed E-state index contributed by atoms with van der Waals surface area (Å²) in [6.45, 7) is 7.16. The lowest BCUT2D eigenvalue weighted by atomic mass is 10.2. The minimum Gasteiger partial charge on any atom is -0.444 e. The van der Waals surface area contributed by atoms with Gasteiger partial charge in [-0.2, -0.15) is 0 Å². The highest BCUT2D eigenvalue weighted by atomic mass is 35.5. The number of ether oxygens (including phenoxy) is 1. The van der Waals surface area contributed by atoms with Crippen LogP contribution in [0.4, 0.5) is 9.18 Å². The Morgan fingerprint density at radius 2 is 1.89 bits per heavy atom. The molecule has 1 amide bonds. The van der Waals surface area contributed by atoms with E-state index in [9.17, 15) is 9.18 Å². The summed E-state index contributed by atoms with van der Waals surface area (Å²) >= 11 is 6.24. The molecule has 0 radical (unpaired) electrons. The van der Waals surface area contributed by atoms with Gasteiger partial charge in [-0.3, -0.25) is 4.57 Å². The van der Waals surface area contributed by atoms with E-state index >= 15 is 0 Å². The average Bonchev–Trinajstić information content (AvgIpc) is 2.97. The zero-order valence-corrected chi connectivity index (χ0v) is 16.3. The fourth-order valence-corrected chi connectivity index (χ4v) is 3.04. The van der Waals surface area contributed by atoms with Crippen molar-refractivity contribution >= 4 is 28.7 Å². The number of rotatable bonds is 3. The van der Waals surface area contributed by atoms with Crippen molar-refractivity contribution < 1.29 is 13.9 Å². The first-order valence-corrected chi connectivity index (χ1v) is 8.96. The van der Waals surface area contributed by atoms with Gasteiger partial charge in [0.1, 0.15) is 22.3 Å². The van der Waals surface area contributed by atoms with Crippen LogP contribution in [-0.4, -0.2) is 21.2 Å². The lowest BCUT2D eigenvalue weighted by Gasteiger charge is -2.22. The zero-order valence-electron chi connectivity index (χ0n) is 15.6. The number of imidazole rings is 1. The lowest BCUT2D eigenvalue weighted by Crippen LogP contribution is -2.34. The number of nitrogens with zero attached hydrogens (tertiary/aromatic N) is 2. The van der Waals surface area contributed by atoms with Gasteiger partial charge >= 0.3 is 6.09 Å². The monoisotopic (exact) mass is 389 g/mol. The maximum Gasteiger partial charge on any atom is 0.408 e. The molecule has 0 bridgehead atoms. The fraction of sp³-hybridized carbons (Fsp3) is 0.300. The zero-order chi connectivity index (χ0) is 19.8. The molecule has 1 aromatic heterocycles. The highest BCUT2D eigenvalue weighted by Gasteiger charge is 2.24. The molecule has 0 aliphatic heterocycles. The third-order valence-corrected chi connectivity index (χ3v) is 4.23. The molecule has 27 heavy (non-hydrogen) atoms. The molecule has 0 aliphatic carbocycles. The second kappa shape index (κ2) is 7.19. The summed E-state index contributed by atoms with van der Waals surface area (Å²) in [5.74, 6) is -0.00453. The Balaban J connectivity index is 2.10. The number of carbonyl (C=O) groups excluding carboxylic acids is 1. The molecule has 0 saturated carbocycles. The van der Waals surface area contributed by atoms with Gasteiger partial charge in [0.25, 0.3) is 0 Å². The van der Waals surface area contributed by atoms with E-state index in [1.54, 1.807) is 38.3 Å². The minimum atomic E-state index is -0.615. The van der Waals surface area contributed by atoms with Gasteiger partial charge in [-0.1, -0.05) is 29.8 Å². The molecule has 1 unspecified atom stereocenters. The first kappa shape index (κ1) is 19.2. The average molecular weight is 390 g/mol. The van der Waals surface area contributed by atoms with Crippen LogP contribution in [0.3, 0.4) is 0 Å². The summed E-state index contributed by atoms with van der Waals surface area (Å²) < 4.78 is 21.2. The molecule has 5 nitrogen and oxygen atoms in total. The number of fused-ring (bicyclic) bond motifs is 1. The minimum absolute atomic E-state index is 0.0143. The molecular formula is C20H21ClFN3O2. The Hall–Kier alpha value is -2.60. The number of halogens is 2. The van der Waals surface area contributed by atoms with Crippen LogP contribution in [0.1, 0.15) is 39.6 Å². The molecule has 1 N–H and O–H groups in total. The molecule has 7 heteroatoms. The Morgan fingerprint density at radius 3 is 2.52 bits per heavy atom. The maximum absolute atomic E-state index is 14.1. The first-order valence-electron chi connectivity index (χ1n) is 8.58. The van der Waals surface area contributed by atoms with E-state index in [4.69, 9.17) is 16.3 Å². The van der Waals surface area contributed by atoms with Gasteiger partial charge in [-0.05, 0) is 52.0 Å². The summed E-state index contributed by atoms with van der Waals surface area (Å²) in [5.41, 5.74) is 1.14. The van der Waals surface area contributed by atoms with Gasteiger partial charge in [-0.15, -0.1) is 0 Å². The molecular weight excluding hydrogens is 369 g/mol. The number of amides is 1. The lowest BCUT2D eigenvalue weighted by molar-refractivity contribution is 0.0505. The van der Waals surface area contributed by atoms with Crippen LogP contribution in [-0.2, 0) is 4.74 Å². The van der Waals surface area contributed by atoms with Crippen LogP contribution in [0.15, 0.2) is 42.5 Å². The third kappa shape index (κ3) is 4.06. The van der Waals surface area contributed by atoms with Gasteiger partial charge in [0.2, 0.25) is 0 Å². The molecule has 1 heterocycles. The van der Waals surface area contributed by atoms with E-state index in [2.05, 4.69) is 10.3 Å². The van der Waals surface area contributed by atoms with E-state index in [1.165, 1.54) is 6.07 Å². The van der Waals surface area contributed by atoms with Crippen LogP contribution in [0.5, 0.6) is 0 Å². The molecule has 2 aromatic carbocycles. The number of para-hydroxylation sites is 1. The molecule has 0 spiro atoms. The molecule has 0 aliphatic rings. The molecule has 142 valence electrons. The Morgan fingerprint density at radius 1 is 1.22 bits per heavy atom. The highest BCUT2D eigenvalue weighted by molar-refractivity contribution is 6.35. The second-order valence-corrected chi connectivity index (χ2v) is 7.62. The molecule has 0 saturated heterocycles. The van der Waals surface area contributed by atoms with Crippen LogP contribution < -0.4 is 5.32 Å². The molecule has 1 atom stereocenters. The summed E-state index contributed by atoms with van der Waals surface area (Å²) in [5, 5.41) is 2.76. The predicted molar refractivity (Wildman–Crippen MR) is 104 cm³/mol. The SMILES string of the molecule is CC(NC(=O)OC(C)(C)C)c1nc2ccc(F)c(Cl)c2n1-c1ccccc1. The first-order chi connectivity index (χ1) is 12.7. The summed E-state index contributed by atoms with van der Waals surface area (Å²) in [4.78, 5) is 16.8. The maximum atomic E-state index is 14.1. The Kier molecular flexibility index (Phi) is 5.11. The summed E-state index contributed by atoms with van der Waals surface area (Å²) in [7, 11) is 0. The quantitative estimate of drug-likeness (QED) is 0.652. The Labute approximate surface area is 162 Å². The standard InChI is InChI=1S/C20H21ClFN3O2/c1-12(23-19(26)27-20(2,3)4)18-24-15-11-10-14(22)16(21)17(15)25(18)13-8-6-5-7-9-13/h5-12H,1-4H3,(H,23,26). The van der Waals surface area contributed by atoms with Crippen molar-refractivity contribution in [2.75, 3.05) is 0 Å². The van der Waals surface area contributed by atoms with E-state index in [1.807, 2.05) is 30.3 Å². The second-order valence-electron chi connectivity index (χ2n) is 7.24. The number of carbonyl (C=O) groups is 1. The van der Waals surface area contributed by atoms with E-state index in [-0.39, 0.29) is 5.02 Å². The van der Waals surface area contributed by atoms with E-state index < -0.39 is 23.6 Å². The van der Waals surface area contributed by atoms with Crippen molar-refractivity contribution in [2.24, 2.45) is 0 Å². The Bertz CT molecular complexity index is 980. The number of alkyl carbamates (subject to hydrolysis) is 1. The van der Waals surface area contributed by atoms with Crippen molar-refractivity contribution in [1.82, 2.24) is 14.9 Å². The van der Waals surface area contributed by atoms with Crippen molar-refractivity contribution in [3.8, 4) is 5.69 Å². The van der Waals surface area contributed by atoms with Crippen LogP contribution in [0.25, 0.3) is 16.7 Å². The van der Waals surface area contributed by atoms with Gasteiger partial charge in [0.15, 0.2) is 0 Å². The third-order valence-electron chi connectivity index (χ3n) is 3.87. The number of hydrogen-bond acceptors (Lipinski definition) is 3.